The minimum absolute atomic E-state index is 0.0409. The fourth-order valence-corrected chi connectivity index (χ4v) is 1.85. The lowest BCUT2D eigenvalue weighted by molar-refractivity contribution is -0.148. The Labute approximate surface area is 103 Å². The van der Waals surface area contributed by atoms with Crippen molar-refractivity contribution in [2.45, 2.75) is 44.9 Å². The van der Waals surface area contributed by atoms with E-state index in [1.54, 1.807) is 7.11 Å². The molecule has 17 heavy (non-hydrogen) atoms. The number of carbonyl (C=O) groups excluding carboxylic acids is 1. The summed E-state index contributed by atoms with van der Waals surface area (Å²) >= 11 is 0. The Hall–Kier alpha value is -0.650. The molecule has 0 aromatic heterocycles. The normalized spacial score (nSPS) is 26.1. The van der Waals surface area contributed by atoms with Crippen molar-refractivity contribution in [2.75, 3.05) is 26.8 Å². The molecule has 0 spiro atoms. The Balaban J connectivity index is 2.60. The van der Waals surface area contributed by atoms with Crippen LogP contribution in [0.3, 0.4) is 0 Å². The van der Waals surface area contributed by atoms with Crippen molar-refractivity contribution in [3.8, 4) is 0 Å². The molecule has 0 aromatic rings. The molecular weight excluding hydrogens is 220 g/mol. The van der Waals surface area contributed by atoms with Crippen molar-refractivity contribution >= 4 is 5.91 Å². The highest BCUT2D eigenvalue weighted by atomic mass is 16.5. The molecule has 0 aliphatic carbocycles. The highest BCUT2D eigenvalue weighted by Gasteiger charge is 2.32. The van der Waals surface area contributed by atoms with Gasteiger partial charge in [-0.1, -0.05) is 0 Å². The average molecular weight is 244 g/mol. The molecule has 0 saturated carbocycles. The van der Waals surface area contributed by atoms with Crippen LogP contribution in [0.4, 0.5) is 0 Å². The maximum atomic E-state index is 12.2. The third-order valence-electron chi connectivity index (χ3n) is 3.22. The number of nitrogens with zero attached hydrogens (tertiary/aromatic N) is 1. The SMILES string of the molecule is COC(C)(C)CC(=O)N1CC(CN)OCC1C. The lowest BCUT2D eigenvalue weighted by atomic mass is 10.0. The minimum atomic E-state index is -0.423. The third kappa shape index (κ3) is 3.94. The monoisotopic (exact) mass is 244 g/mol. The number of hydrogen-bond donors (Lipinski definition) is 1. The summed E-state index contributed by atoms with van der Waals surface area (Å²) in [6, 6.07) is 0.109. The van der Waals surface area contributed by atoms with Crippen LogP contribution in [0.2, 0.25) is 0 Å². The van der Waals surface area contributed by atoms with Gasteiger partial charge in [0, 0.05) is 20.2 Å². The standard InChI is InChI=1S/C12H24N2O3/c1-9-8-17-10(6-13)7-14(9)11(15)5-12(2,3)16-4/h9-10H,5-8,13H2,1-4H3. The summed E-state index contributed by atoms with van der Waals surface area (Å²) < 4.78 is 10.8. The molecule has 1 heterocycles. The zero-order valence-corrected chi connectivity index (χ0v) is 11.2. The Kier molecular flexibility index (Phi) is 4.91. The summed E-state index contributed by atoms with van der Waals surface area (Å²) in [7, 11) is 1.62. The fourth-order valence-electron chi connectivity index (χ4n) is 1.85. The molecule has 2 N–H and O–H groups in total. The predicted molar refractivity (Wildman–Crippen MR) is 65.7 cm³/mol. The summed E-state index contributed by atoms with van der Waals surface area (Å²) in [5.41, 5.74) is 5.15. The highest BCUT2D eigenvalue weighted by molar-refractivity contribution is 5.77. The average Bonchev–Trinajstić information content (AvgIpc) is 2.29. The highest BCUT2D eigenvalue weighted by Crippen LogP contribution is 2.18. The van der Waals surface area contributed by atoms with E-state index in [-0.39, 0.29) is 18.1 Å². The Morgan fingerprint density at radius 2 is 2.24 bits per heavy atom. The molecule has 1 rings (SSSR count). The van der Waals surface area contributed by atoms with E-state index < -0.39 is 5.60 Å². The number of methoxy groups -OCH3 is 1. The van der Waals surface area contributed by atoms with E-state index in [4.69, 9.17) is 15.2 Å². The van der Waals surface area contributed by atoms with Gasteiger partial charge in [-0.2, -0.15) is 0 Å². The van der Waals surface area contributed by atoms with Gasteiger partial charge < -0.3 is 20.1 Å². The van der Waals surface area contributed by atoms with Crippen LogP contribution in [0, 0.1) is 0 Å². The molecule has 2 unspecified atom stereocenters. The molecule has 1 amide bonds. The van der Waals surface area contributed by atoms with E-state index in [2.05, 4.69) is 0 Å². The van der Waals surface area contributed by atoms with Crippen molar-refractivity contribution in [2.24, 2.45) is 5.73 Å². The van der Waals surface area contributed by atoms with Gasteiger partial charge in [0.15, 0.2) is 0 Å². The summed E-state index contributed by atoms with van der Waals surface area (Å²) in [4.78, 5) is 14.0. The van der Waals surface area contributed by atoms with Crippen molar-refractivity contribution in [1.82, 2.24) is 4.90 Å². The first-order valence-corrected chi connectivity index (χ1v) is 6.06. The Bertz CT molecular complexity index is 268. The Morgan fingerprint density at radius 3 is 2.76 bits per heavy atom. The molecule has 0 bridgehead atoms. The van der Waals surface area contributed by atoms with Crippen molar-refractivity contribution in [3.63, 3.8) is 0 Å². The molecule has 2 atom stereocenters. The van der Waals surface area contributed by atoms with E-state index in [1.807, 2.05) is 25.7 Å². The summed E-state index contributed by atoms with van der Waals surface area (Å²) in [5, 5.41) is 0. The number of ether oxygens (including phenoxy) is 2. The van der Waals surface area contributed by atoms with Gasteiger partial charge >= 0.3 is 0 Å². The first kappa shape index (κ1) is 14.4. The Morgan fingerprint density at radius 1 is 1.59 bits per heavy atom. The van der Waals surface area contributed by atoms with Crippen molar-refractivity contribution in [1.29, 1.82) is 0 Å². The van der Waals surface area contributed by atoms with Gasteiger partial charge in [-0.05, 0) is 20.8 Å². The molecular formula is C12H24N2O3. The van der Waals surface area contributed by atoms with E-state index >= 15 is 0 Å². The van der Waals surface area contributed by atoms with Crippen LogP contribution in [0.25, 0.3) is 0 Å². The zero-order valence-electron chi connectivity index (χ0n) is 11.2. The topological polar surface area (TPSA) is 64.8 Å². The number of rotatable bonds is 4. The first-order valence-electron chi connectivity index (χ1n) is 6.06. The molecule has 5 heteroatoms. The maximum Gasteiger partial charge on any atom is 0.225 e. The van der Waals surface area contributed by atoms with Gasteiger partial charge in [-0.3, -0.25) is 4.79 Å². The van der Waals surface area contributed by atoms with Gasteiger partial charge in [0.2, 0.25) is 5.91 Å². The minimum Gasteiger partial charge on any atom is -0.378 e. The van der Waals surface area contributed by atoms with Crippen LogP contribution in [0.1, 0.15) is 27.2 Å². The van der Waals surface area contributed by atoms with Crippen LogP contribution >= 0.6 is 0 Å². The summed E-state index contributed by atoms with van der Waals surface area (Å²) in [5.74, 6) is 0.103. The molecule has 1 aliphatic rings. The van der Waals surface area contributed by atoms with Gasteiger partial charge in [0.05, 0.1) is 30.8 Å². The van der Waals surface area contributed by atoms with Crippen LogP contribution in [0.5, 0.6) is 0 Å². The fraction of sp³-hybridized carbons (Fsp3) is 0.917. The largest absolute Gasteiger partial charge is 0.378 e. The zero-order chi connectivity index (χ0) is 13.1. The predicted octanol–water partition coefficient (Wildman–Crippen LogP) is 0.376. The second-order valence-electron chi connectivity index (χ2n) is 5.23. The van der Waals surface area contributed by atoms with Gasteiger partial charge in [0.25, 0.3) is 0 Å². The van der Waals surface area contributed by atoms with E-state index in [0.29, 0.717) is 26.1 Å². The van der Waals surface area contributed by atoms with Crippen molar-refractivity contribution in [3.05, 3.63) is 0 Å². The van der Waals surface area contributed by atoms with Crippen LogP contribution in [0.15, 0.2) is 0 Å². The molecule has 5 nitrogen and oxygen atoms in total. The number of nitrogens with two attached hydrogens (primary N) is 1. The van der Waals surface area contributed by atoms with Gasteiger partial charge in [-0.15, -0.1) is 0 Å². The maximum absolute atomic E-state index is 12.2. The second-order valence-corrected chi connectivity index (χ2v) is 5.23. The second kappa shape index (κ2) is 5.80. The lowest BCUT2D eigenvalue weighted by Crippen LogP contribution is -2.54. The molecule has 0 radical (unpaired) electrons. The quantitative estimate of drug-likeness (QED) is 0.776. The van der Waals surface area contributed by atoms with Gasteiger partial charge in [-0.25, -0.2) is 0 Å². The lowest BCUT2D eigenvalue weighted by Gasteiger charge is -2.39. The number of morpholine rings is 1. The molecule has 1 saturated heterocycles. The molecule has 0 aromatic carbocycles. The number of carbonyl (C=O) groups is 1. The van der Waals surface area contributed by atoms with E-state index in [1.165, 1.54) is 0 Å². The van der Waals surface area contributed by atoms with Gasteiger partial charge in [0.1, 0.15) is 0 Å². The first-order chi connectivity index (χ1) is 7.89. The third-order valence-corrected chi connectivity index (χ3v) is 3.22. The smallest absolute Gasteiger partial charge is 0.225 e. The summed E-state index contributed by atoms with van der Waals surface area (Å²) in [6.45, 7) is 7.40. The number of hydrogen-bond acceptors (Lipinski definition) is 4. The van der Waals surface area contributed by atoms with Crippen LogP contribution in [-0.2, 0) is 14.3 Å². The van der Waals surface area contributed by atoms with E-state index in [9.17, 15) is 4.79 Å². The van der Waals surface area contributed by atoms with Crippen molar-refractivity contribution < 1.29 is 14.3 Å². The van der Waals surface area contributed by atoms with Crippen LogP contribution in [-0.4, -0.2) is 55.4 Å². The molecule has 1 aliphatic heterocycles. The molecule has 100 valence electrons. The van der Waals surface area contributed by atoms with Crippen LogP contribution < -0.4 is 5.73 Å². The number of amides is 1. The molecule has 1 fully saturated rings. The summed E-state index contributed by atoms with van der Waals surface area (Å²) in [6.07, 6.45) is 0.339. The van der Waals surface area contributed by atoms with E-state index in [0.717, 1.165) is 0 Å².